The second kappa shape index (κ2) is 8.01. The molecule has 2 saturated carbocycles. The van der Waals surface area contributed by atoms with Crippen molar-refractivity contribution in [2.24, 2.45) is 29.4 Å². The highest BCUT2D eigenvalue weighted by atomic mass is 16.2. The molecule has 1 aromatic rings. The van der Waals surface area contributed by atoms with E-state index in [1.807, 2.05) is 12.1 Å². The van der Waals surface area contributed by atoms with Gasteiger partial charge in [0.25, 0.3) is 0 Å². The van der Waals surface area contributed by atoms with Gasteiger partial charge in [0.15, 0.2) is 0 Å². The van der Waals surface area contributed by atoms with Crippen LogP contribution in [0.1, 0.15) is 50.5 Å². The van der Waals surface area contributed by atoms with E-state index in [-0.39, 0.29) is 17.7 Å². The third kappa shape index (κ3) is 4.52. The van der Waals surface area contributed by atoms with E-state index in [0.29, 0.717) is 12.3 Å². The molecule has 2 aliphatic carbocycles. The van der Waals surface area contributed by atoms with Crippen molar-refractivity contribution >= 4 is 17.5 Å². The zero-order valence-electron chi connectivity index (χ0n) is 16.0. The average Bonchev–Trinajstić information content (AvgIpc) is 3.25. The Morgan fingerprint density at radius 2 is 1.93 bits per heavy atom. The zero-order chi connectivity index (χ0) is 18.8. The van der Waals surface area contributed by atoms with Crippen LogP contribution in [0.2, 0.25) is 0 Å². The van der Waals surface area contributed by atoms with Crippen molar-refractivity contribution in [3.8, 4) is 0 Å². The van der Waals surface area contributed by atoms with E-state index in [9.17, 15) is 9.59 Å². The number of amides is 2. The minimum Gasteiger partial charge on any atom is -0.369 e. The normalized spacial score (nSPS) is 28.4. The van der Waals surface area contributed by atoms with Crippen molar-refractivity contribution < 1.29 is 9.59 Å². The molecule has 2 amide bonds. The maximum Gasteiger partial charge on any atom is 0.224 e. The van der Waals surface area contributed by atoms with Gasteiger partial charge in [0.1, 0.15) is 0 Å². The van der Waals surface area contributed by atoms with Crippen LogP contribution in [0.5, 0.6) is 0 Å². The highest BCUT2D eigenvalue weighted by Gasteiger charge is 2.40. The summed E-state index contributed by atoms with van der Waals surface area (Å²) < 4.78 is 0. The fraction of sp³-hybridized carbons (Fsp3) is 0.636. The number of nitrogens with one attached hydrogen (secondary N) is 1. The Labute approximate surface area is 161 Å². The number of carbonyl (C=O) groups is 2. The molecule has 3 fully saturated rings. The molecule has 1 aromatic carbocycles. The summed E-state index contributed by atoms with van der Waals surface area (Å²) in [6.07, 6.45) is 7.65. The Kier molecular flexibility index (Phi) is 5.48. The molecule has 5 heteroatoms. The summed E-state index contributed by atoms with van der Waals surface area (Å²) in [6.45, 7) is 2.64. The topological polar surface area (TPSA) is 75.4 Å². The van der Waals surface area contributed by atoms with Gasteiger partial charge in [0.05, 0.1) is 0 Å². The lowest BCUT2D eigenvalue weighted by Gasteiger charge is -2.30. The van der Waals surface area contributed by atoms with Crippen molar-refractivity contribution in [2.75, 3.05) is 18.4 Å². The molecule has 2 bridgehead atoms. The number of rotatable bonds is 6. The van der Waals surface area contributed by atoms with Gasteiger partial charge in [-0.25, -0.2) is 0 Å². The van der Waals surface area contributed by atoms with Crippen LogP contribution in [0.4, 0.5) is 5.69 Å². The summed E-state index contributed by atoms with van der Waals surface area (Å²) in [5.74, 6) is 2.28. The van der Waals surface area contributed by atoms with Gasteiger partial charge in [-0.2, -0.15) is 0 Å². The molecule has 0 aromatic heterocycles. The molecule has 1 heterocycles. The summed E-state index contributed by atoms with van der Waals surface area (Å²) in [5, 5.41) is 3.11. The third-order valence-corrected chi connectivity index (χ3v) is 6.94. The minimum absolute atomic E-state index is 0.0257. The Hall–Kier alpha value is -1.88. The summed E-state index contributed by atoms with van der Waals surface area (Å²) >= 11 is 0. The van der Waals surface area contributed by atoms with E-state index in [4.69, 9.17) is 5.73 Å². The lowest BCUT2D eigenvalue weighted by atomic mass is 9.86. The molecular formula is C22H31N3O2. The molecule has 1 aliphatic heterocycles. The van der Waals surface area contributed by atoms with Crippen molar-refractivity contribution in [2.45, 2.75) is 51.5 Å². The van der Waals surface area contributed by atoms with Gasteiger partial charge in [-0.05, 0) is 80.6 Å². The first-order valence-corrected chi connectivity index (χ1v) is 10.5. The van der Waals surface area contributed by atoms with E-state index in [1.165, 1.54) is 31.2 Å². The van der Waals surface area contributed by atoms with Gasteiger partial charge in [0.2, 0.25) is 11.8 Å². The first kappa shape index (κ1) is 18.5. The highest BCUT2D eigenvalue weighted by Crippen LogP contribution is 2.49. The predicted octanol–water partition coefficient (Wildman–Crippen LogP) is 3.15. The molecule has 3 atom stereocenters. The van der Waals surface area contributed by atoms with Gasteiger partial charge in [-0.1, -0.05) is 18.6 Å². The number of piperidine rings is 1. The summed E-state index contributed by atoms with van der Waals surface area (Å²) in [4.78, 5) is 26.1. The lowest BCUT2D eigenvalue weighted by Crippen LogP contribution is -2.38. The Balaban J connectivity index is 1.27. The number of nitrogens with two attached hydrogens (primary N) is 1. The van der Waals surface area contributed by atoms with E-state index >= 15 is 0 Å². The van der Waals surface area contributed by atoms with E-state index in [1.54, 1.807) is 0 Å². The monoisotopic (exact) mass is 369 g/mol. The van der Waals surface area contributed by atoms with Crippen molar-refractivity contribution in [1.29, 1.82) is 0 Å². The van der Waals surface area contributed by atoms with Crippen molar-refractivity contribution in [3.05, 3.63) is 29.8 Å². The average molecular weight is 370 g/mol. The standard InChI is InChI=1S/C22H31N3O2/c23-22(27)17-6-8-25(9-7-17)14-16-2-1-3-20(12-16)24-21(26)13-19-11-15-4-5-18(19)10-15/h1-3,12,15,17-19H,4-11,13-14H2,(H2,23,27)(H,24,26)/t15-,18-,19+/m0/s1. The number of primary amides is 1. The largest absolute Gasteiger partial charge is 0.369 e. The molecule has 4 rings (SSSR count). The van der Waals surface area contributed by atoms with Crippen LogP contribution in [-0.4, -0.2) is 29.8 Å². The highest BCUT2D eigenvalue weighted by molar-refractivity contribution is 5.91. The predicted molar refractivity (Wildman–Crippen MR) is 106 cm³/mol. The molecule has 0 spiro atoms. The fourth-order valence-corrected chi connectivity index (χ4v) is 5.46. The van der Waals surface area contributed by atoms with E-state index in [0.717, 1.165) is 50.0 Å². The second-order valence-corrected chi connectivity index (χ2v) is 8.84. The summed E-state index contributed by atoms with van der Waals surface area (Å²) in [7, 11) is 0. The minimum atomic E-state index is -0.171. The molecule has 3 N–H and O–H groups in total. The second-order valence-electron chi connectivity index (χ2n) is 8.84. The Morgan fingerprint density at radius 1 is 1.11 bits per heavy atom. The quantitative estimate of drug-likeness (QED) is 0.809. The number of fused-ring (bicyclic) bond motifs is 2. The summed E-state index contributed by atoms with van der Waals surface area (Å²) in [5.41, 5.74) is 7.51. The molecule has 0 radical (unpaired) electrons. The zero-order valence-corrected chi connectivity index (χ0v) is 16.0. The van der Waals surface area contributed by atoms with Crippen LogP contribution in [-0.2, 0) is 16.1 Å². The number of nitrogens with zero attached hydrogens (tertiary/aromatic N) is 1. The van der Waals surface area contributed by atoms with Crippen molar-refractivity contribution in [3.63, 3.8) is 0 Å². The molecule has 3 aliphatic rings. The lowest BCUT2D eigenvalue weighted by molar-refractivity contribution is -0.123. The van der Waals surface area contributed by atoms with Gasteiger partial charge in [-0.3, -0.25) is 14.5 Å². The van der Waals surface area contributed by atoms with Gasteiger partial charge in [0, 0.05) is 24.6 Å². The van der Waals surface area contributed by atoms with Gasteiger partial charge in [-0.15, -0.1) is 0 Å². The maximum absolute atomic E-state index is 12.5. The SMILES string of the molecule is NC(=O)C1CCN(Cc2cccc(NC(=O)C[C@H]3C[C@H]4CC[C@H]3C4)c2)CC1. The van der Waals surface area contributed by atoms with Crippen LogP contribution in [0.25, 0.3) is 0 Å². The van der Waals surface area contributed by atoms with Crippen LogP contribution < -0.4 is 11.1 Å². The first-order chi connectivity index (χ1) is 13.1. The first-order valence-electron chi connectivity index (χ1n) is 10.5. The Bertz CT molecular complexity index is 697. The number of likely N-dealkylation sites (tertiary alicyclic amines) is 1. The van der Waals surface area contributed by atoms with Gasteiger partial charge >= 0.3 is 0 Å². The van der Waals surface area contributed by atoms with E-state index < -0.39 is 0 Å². The maximum atomic E-state index is 12.5. The number of hydrogen-bond acceptors (Lipinski definition) is 3. The van der Waals surface area contributed by atoms with Crippen LogP contribution in [0.3, 0.4) is 0 Å². The molecule has 0 unspecified atom stereocenters. The number of hydrogen-bond donors (Lipinski definition) is 2. The van der Waals surface area contributed by atoms with Gasteiger partial charge < -0.3 is 11.1 Å². The van der Waals surface area contributed by atoms with Crippen molar-refractivity contribution in [1.82, 2.24) is 4.90 Å². The van der Waals surface area contributed by atoms with Crippen LogP contribution >= 0.6 is 0 Å². The number of anilines is 1. The molecule has 146 valence electrons. The third-order valence-electron chi connectivity index (χ3n) is 6.94. The van der Waals surface area contributed by atoms with Crippen LogP contribution in [0.15, 0.2) is 24.3 Å². The smallest absolute Gasteiger partial charge is 0.224 e. The van der Waals surface area contributed by atoms with Crippen LogP contribution in [0, 0.1) is 23.7 Å². The number of carbonyl (C=O) groups excluding carboxylic acids is 2. The molecular weight excluding hydrogens is 338 g/mol. The molecule has 1 saturated heterocycles. The summed E-state index contributed by atoms with van der Waals surface area (Å²) in [6, 6.07) is 8.17. The molecule has 27 heavy (non-hydrogen) atoms. The molecule has 5 nitrogen and oxygen atoms in total. The fourth-order valence-electron chi connectivity index (χ4n) is 5.46. The number of benzene rings is 1. The Morgan fingerprint density at radius 3 is 2.59 bits per heavy atom. The van der Waals surface area contributed by atoms with E-state index in [2.05, 4.69) is 22.3 Å².